The molecule has 0 bridgehead atoms. The van der Waals surface area contributed by atoms with Crippen molar-refractivity contribution in [2.75, 3.05) is 9.80 Å². The second kappa shape index (κ2) is 11.1. The van der Waals surface area contributed by atoms with Gasteiger partial charge in [-0.3, -0.25) is 0 Å². The summed E-state index contributed by atoms with van der Waals surface area (Å²) in [6.45, 7) is 0. The lowest BCUT2D eigenvalue weighted by Crippen LogP contribution is -2.30. The van der Waals surface area contributed by atoms with E-state index in [0.29, 0.717) is 0 Å². The molecule has 1 unspecified atom stereocenters. The molecule has 1 aliphatic carbocycles. The Labute approximate surface area is 225 Å². The second-order valence-electron chi connectivity index (χ2n) is 9.42. The third-order valence-corrected chi connectivity index (χ3v) is 6.97. The lowest BCUT2D eigenvalue weighted by molar-refractivity contribution is 0.787. The van der Waals surface area contributed by atoms with Gasteiger partial charge in [0.1, 0.15) is 0 Å². The minimum Gasteiger partial charge on any atom is -0.334 e. The van der Waals surface area contributed by atoms with Crippen LogP contribution < -0.4 is 9.80 Å². The molecule has 0 aliphatic heterocycles. The topological polar surface area (TPSA) is 6.48 Å². The van der Waals surface area contributed by atoms with Crippen molar-refractivity contribution in [3.8, 4) is 0 Å². The summed E-state index contributed by atoms with van der Waals surface area (Å²) < 4.78 is 0. The zero-order chi connectivity index (χ0) is 25.6. The van der Waals surface area contributed by atoms with Crippen molar-refractivity contribution in [1.29, 1.82) is 0 Å². The van der Waals surface area contributed by atoms with Crippen LogP contribution in [0.25, 0.3) is 5.57 Å². The summed E-state index contributed by atoms with van der Waals surface area (Å²) in [6, 6.07) is 51.5. The highest BCUT2D eigenvalue weighted by Crippen LogP contribution is 2.36. The summed E-state index contributed by atoms with van der Waals surface area (Å²) in [4.78, 5) is 4.72. The summed E-state index contributed by atoms with van der Waals surface area (Å²) in [5.41, 5.74) is 8.34. The normalized spacial score (nSPS) is 14.5. The fraction of sp³-hybridized carbons (Fsp3) is 0.0556. The first-order valence-corrected chi connectivity index (χ1v) is 13.2. The van der Waals surface area contributed by atoms with E-state index in [0.717, 1.165) is 23.5 Å². The molecule has 0 spiro atoms. The fourth-order valence-corrected chi connectivity index (χ4v) is 5.13. The van der Waals surface area contributed by atoms with Crippen LogP contribution in [0.5, 0.6) is 0 Å². The van der Waals surface area contributed by atoms with E-state index < -0.39 is 0 Å². The Morgan fingerprint density at radius 2 is 0.868 bits per heavy atom. The highest BCUT2D eigenvalue weighted by molar-refractivity contribution is 5.80. The SMILES string of the molecule is C1=CC(N(c2ccccc2)c2ccccc2)CC=C1c1ccc(N(c2ccccc2)c2ccccc2)cc1. The van der Waals surface area contributed by atoms with Gasteiger partial charge in [0.05, 0.1) is 6.04 Å². The van der Waals surface area contributed by atoms with Gasteiger partial charge in [-0.2, -0.15) is 0 Å². The molecule has 0 saturated carbocycles. The molecule has 0 radical (unpaired) electrons. The minimum absolute atomic E-state index is 0.259. The molecule has 0 amide bonds. The average Bonchev–Trinajstić information content (AvgIpc) is 3.00. The molecule has 38 heavy (non-hydrogen) atoms. The van der Waals surface area contributed by atoms with Crippen LogP contribution in [0, 0.1) is 0 Å². The molecule has 0 heterocycles. The minimum atomic E-state index is 0.259. The van der Waals surface area contributed by atoms with Crippen molar-refractivity contribution < 1.29 is 0 Å². The van der Waals surface area contributed by atoms with E-state index in [4.69, 9.17) is 0 Å². The highest BCUT2D eigenvalue weighted by atomic mass is 15.2. The maximum Gasteiger partial charge on any atom is 0.0560 e. The van der Waals surface area contributed by atoms with Crippen molar-refractivity contribution in [2.45, 2.75) is 12.5 Å². The number of rotatable bonds is 7. The first kappa shape index (κ1) is 23.6. The molecular formula is C36H30N2. The van der Waals surface area contributed by atoms with E-state index in [9.17, 15) is 0 Å². The predicted molar refractivity (Wildman–Crippen MR) is 162 cm³/mol. The first-order valence-electron chi connectivity index (χ1n) is 13.2. The van der Waals surface area contributed by atoms with E-state index >= 15 is 0 Å². The first-order chi connectivity index (χ1) is 18.9. The molecule has 0 N–H and O–H groups in total. The lowest BCUT2D eigenvalue weighted by atomic mass is 9.95. The molecule has 0 aromatic heterocycles. The number of anilines is 5. The summed E-state index contributed by atoms with van der Waals surface area (Å²) in [6.07, 6.45) is 7.92. The van der Waals surface area contributed by atoms with Crippen molar-refractivity contribution >= 4 is 34.0 Å². The van der Waals surface area contributed by atoms with Crippen LogP contribution in [0.3, 0.4) is 0 Å². The highest BCUT2D eigenvalue weighted by Gasteiger charge is 2.20. The number of hydrogen-bond acceptors (Lipinski definition) is 2. The molecule has 0 fully saturated rings. The number of hydrogen-bond donors (Lipinski definition) is 0. The van der Waals surface area contributed by atoms with E-state index in [1.165, 1.54) is 22.5 Å². The monoisotopic (exact) mass is 490 g/mol. The Hall–Kier alpha value is -4.82. The van der Waals surface area contributed by atoms with E-state index in [-0.39, 0.29) is 6.04 Å². The Morgan fingerprint density at radius 1 is 0.447 bits per heavy atom. The standard InChI is InChI=1S/C36H30N2/c1-5-13-31(14-6-1)37(32-15-7-2-8-16-32)35-25-21-29(22-26-35)30-23-27-36(28-24-30)38(33-17-9-3-10-18-33)34-19-11-4-12-20-34/h1-27,36H,28H2. The number of allylic oxidation sites excluding steroid dienone is 2. The van der Waals surface area contributed by atoms with Crippen molar-refractivity contribution in [1.82, 2.24) is 0 Å². The molecule has 6 rings (SSSR count). The van der Waals surface area contributed by atoms with Crippen LogP contribution in [-0.2, 0) is 0 Å². The number of benzene rings is 5. The average molecular weight is 491 g/mol. The van der Waals surface area contributed by atoms with Gasteiger partial charge in [-0.05, 0) is 78.2 Å². The molecule has 5 aromatic rings. The largest absolute Gasteiger partial charge is 0.334 e. The molecular weight excluding hydrogens is 460 g/mol. The molecule has 5 aromatic carbocycles. The van der Waals surface area contributed by atoms with Gasteiger partial charge in [0.25, 0.3) is 0 Å². The van der Waals surface area contributed by atoms with E-state index in [2.05, 4.69) is 174 Å². The summed E-state index contributed by atoms with van der Waals surface area (Å²) in [5.74, 6) is 0. The molecule has 1 aliphatic rings. The Morgan fingerprint density at radius 3 is 1.29 bits per heavy atom. The lowest BCUT2D eigenvalue weighted by Gasteiger charge is -2.33. The maximum atomic E-state index is 2.42. The molecule has 184 valence electrons. The number of nitrogens with zero attached hydrogens (tertiary/aromatic N) is 2. The van der Waals surface area contributed by atoms with Crippen molar-refractivity contribution in [3.63, 3.8) is 0 Å². The van der Waals surface area contributed by atoms with Gasteiger partial charge in [-0.1, -0.05) is 103 Å². The predicted octanol–water partition coefficient (Wildman–Crippen LogP) is 9.71. The van der Waals surface area contributed by atoms with Crippen LogP contribution in [0.2, 0.25) is 0 Å². The van der Waals surface area contributed by atoms with Gasteiger partial charge in [0.2, 0.25) is 0 Å². The van der Waals surface area contributed by atoms with Crippen LogP contribution >= 0.6 is 0 Å². The van der Waals surface area contributed by atoms with Crippen molar-refractivity contribution in [2.24, 2.45) is 0 Å². The van der Waals surface area contributed by atoms with Crippen LogP contribution in [0.15, 0.2) is 164 Å². The van der Waals surface area contributed by atoms with Gasteiger partial charge in [-0.15, -0.1) is 0 Å². The third kappa shape index (κ3) is 5.02. The van der Waals surface area contributed by atoms with E-state index in [1.807, 2.05) is 0 Å². The summed E-state index contributed by atoms with van der Waals surface area (Å²) in [5, 5.41) is 0. The third-order valence-electron chi connectivity index (χ3n) is 6.97. The molecule has 2 nitrogen and oxygen atoms in total. The van der Waals surface area contributed by atoms with Gasteiger partial charge in [0, 0.05) is 28.4 Å². The van der Waals surface area contributed by atoms with Gasteiger partial charge in [-0.25, -0.2) is 0 Å². The zero-order valence-corrected chi connectivity index (χ0v) is 21.3. The second-order valence-corrected chi connectivity index (χ2v) is 9.42. The van der Waals surface area contributed by atoms with Gasteiger partial charge >= 0.3 is 0 Å². The van der Waals surface area contributed by atoms with Crippen molar-refractivity contribution in [3.05, 3.63) is 169 Å². The van der Waals surface area contributed by atoms with Crippen LogP contribution in [0.4, 0.5) is 28.4 Å². The zero-order valence-electron chi connectivity index (χ0n) is 21.3. The Kier molecular flexibility index (Phi) is 6.86. The number of para-hydroxylation sites is 4. The van der Waals surface area contributed by atoms with E-state index in [1.54, 1.807) is 0 Å². The molecule has 2 heteroatoms. The van der Waals surface area contributed by atoms with Crippen LogP contribution in [0.1, 0.15) is 12.0 Å². The molecule has 0 saturated heterocycles. The van der Waals surface area contributed by atoms with Gasteiger partial charge < -0.3 is 9.80 Å². The summed E-state index contributed by atoms with van der Waals surface area (Å²) >= 11 is 0. The maximum absolute atomic E-state index is 2.42. The molecule has 1 atom stereocenters. The van der Waals surface area contributed by atoms with Gasteiger partial charge in [0.15, 0.2) is 0 Å². The fourth-order valence-electron chi connectivity index (χ4n) is 5.13. The Balaban J connectivity index is 1.25. The van der Waals surface area contributed by atoms with Crippen LogP contribution in [-0.4, -0.2) is 6.04 Å². The summed E-state index contributed by atoms with van der Waals surface area (Å²) in [7, 11) is 0. The quantitative estimate of drug-likeness (QED) is 0.224. The Bertz CT molecular complexity index is 1430. The smallest absolute Gasteiger partial charge is 0.0560 e.